The second-order valence-corrected chi connectivity index (χ2v) is 15.3. The largest absolute Gasteiger partial charge is 0.435 e. The minimum absolute atomic E-state index is 0.614. The summed E-state index contributed by atoms with van der Waals surface area (Å²) in [4.78, 5) is 20.2. The molecular weight excluding hydrogens is 719 g/mol. The molecule has 0 bridgehead atoms. The Morgan fingerprint density at radius 2 is 0.982 bits per heavy atom. The Balaban J connectivity index is 1.02. The number of hydrogen-bond donors (Lipinski definition) is 0. The summed E-state index contributed by atoms with van der Waals surface area (Å²) in [6.07, 6.45) is 0. The molecule has 0 radical (unpaired) electrons. The van der Waals surface area contributed by atoms with E-state index >= 15 is 0 Å². The van der Waals surface area contributed by atoms with Crippen LogP contribution in [-0.2, 0) is 0 Å². The molecule has 4 aromatic heterocycles. The van der Waals surface area contributed by atoms with Gasteiger partial charge in [-0.1, -0.05) is 97.1 Å². The number of thiophene rings is 1. The summed E-state index contributed by atoms with van der Waals surface area (Å²) in [5, 5.41) is 6.91. The second-order valence-electron chi connectivity index (χ2n) is 14.2. The lowest BCUT2D eigenvalue weighted by atomic mass is 10.0. The van der Waals surface area contributed by atoms with E-state index in [1.165, 1.54) is 31.2 Å². The maximum absolute atomic E-state index is 6.57. The van der Waals surface area contributed by atoms with Gasteiger partial charge in [0.05, 0.1) is 11.0 Å². The van der Waals surface area contributed by atoms with E-state index in [9.17, 15) is 0 Å². The lowest BCUT2D eigenvalue weighted by Gasteiger charge is -2.11. The molecular formula is C50H29N5OS. The average molecular weight is 748 g/mol. The first-order valence-corrected chi connectivity index (χ1v) is 19.7. The van der Waals surface area contributed by atoms with Gasteiger partial charge in [-0.15, -0.1) is 11.3 Å². The summed E-state index contributed by atoms with van der Waals surface area (Å²) in [7, 11) is 0. The zero-order chi connectivity index (χ0) is 37.5. The van der Waals surface area contributed by atoms with E-state index in [0.29, 0.717) is 23.4 Å². The number of rotatable bonds is 5. The van der Waals surface area contributed by atoms with Crippen LogP contribution in [0.25, 0.3) is 115 Å². The highest BCUT2D eigenvalue weighted by molar-refractivity contribution is 7.26. The molecule has 266 valence electrons. The van der Waals surface area contributed by atoms with Crippen molar-refractivity contribution in [2.45, 2.75) is 0 Å². The maximum atomic E-state index is 6.57. The van der Waals surface area contributed by atoms with Crippen molar-refractivity contribution < 1.29 is 4.42 Å². The summed E-state index contributed by atoms with van der Waals surface area (Å²) in [6.45, 7) is 0. The predicted octanol–water partition coefficient (Wildman–Crippen LogP) is 13.3. The SMILES string of the molecule is c1ccc(-c2nc(-c3ccc(-n4c5ccccc5c5ccccc54)cc3)nc(-c3ccc4sc5ccc6ccc7nc(-c8ccccc8)oc7c6c5c4c3)n2)cc1. The number of nitrogens with zero attached hydrogens (tertiary/aromatic N) is 5. The Morgan fingerprint density at radius 1 is 0.421 bits per heavy atom. The Bertz CT molecular complexity index is 3460. The molecule has 0 aliphatic carbocycles. The van der Waals surface area contributed by atoms with Crippen molar-refractivity contribution >= 4 is 75.2 Å². The highest BCUT2D eigenvalue weighted by Crippen LogP contribution is 2.43. The van der Waals surface area contributed by atoms with Crippen molar-refractivity contribution in [3.63, 3.8) is 0 Å². The normalized spacial score (nSPS) is 11.9. The highest BCUT2D eigenvalue weighted by atomic mass is 32.1. The fourth-order valence-electron chi connectivity index (χ4n) is 8.22. The van der Waals surface area contributed by atoms with Crippen molar-refractivity contribution in [1.29, 1.82) is 0 Å². The molecule has 8 aromatic carbocycles. The summed E-state index contributed by atoms with van der Waals surface area (Å²) >= 11 is 1.78. The molecule has 0 unspecified atom stereocenters. The van der Waals surface area contributed by atoms with E-state index in [0.717, 1.165) is 60.6 Å². The lowest BCUT2D eigenvalue weighted by Crippen LogP contribution is -2.00. The summed E-state index contributed by atoms with van der Waals surface area (Å²) in [5.41, 5.74) is 8.75. The third kappa shape index (κ3) is 5.10. The third-order valence-electron chi connectivity index (χ3n) is 10.9. The van der Waals surface area contributed by atoms with Gasteiger partial charge in [-0.3, -0.25) is 0 Å². The van der Waals surface area contributed by atoms with Crippen molar-refractivity contribution in [2.75, 3.05) is 0 Å². The van der Waals surface area contributed by atoms with E-state index in [4.69, 9.17) is 24.4 Å². The van der Waals surface area contributed by atoms with Gasteiger partial charge in [-0.05, 0) is 84.2 Å². The molecule has 57 heavy (non-hydrogen) atoms. The molecule has 0 amide bonds. The van der Waals surface area contributed by atoms with Gasteiger partial charge in [-0.2, -0.15) is 0 Å². The number of para-hydroxylation sites is 2. The number of oxazole rings is 1. The van der Waals surface area contributed by atoms with Crippen molar-refractivity contribution in [1.82, 2.24) is 24.5 Å². The van der Waals surface area contributed by atoms with Gasteiger partial charge in [0.25, 0.3) is 0 Å². The number of fused-ring (bicyclic) bond motifs is 10. The minimum Gasteiger partial charge on any atom is -0.435 e. The van der Waals surface area contributed by atoms with Crippen molar-refractivity contribution in [3.8, 4) is 51.3 Å². The van der Waals surface area contributed by atoms with E-state index in [2.05, 4.69) is 114 Å². The monoisotopic (exact) mass is 747 g/mol. The number of aromatic nitrogens is 5. The zero-order valence-electron chi connectivity index (χ0n) is 30.3. The van der Waals surface area contributed by atoms with Gasteiger partial charge in [0.15, 0.2) is 23.1 Å². The van der Waals surface area contributed by atoms with Crippen molar-refractivity contribution in [3.05, 3.63) is 176 Å². The van der Waals surface area contributed by atoms with Gasteiger partial charge < -0.3 is 8.98 Å². The van der Waals surface area contributed by atoms with E-state index < -0.39 is 0 Å². The molecule has 6 nitrogen and oxygen atoms in total. The van der Waals surface area contributed by atoms with Crippen LogP contribution in [0.15, 0.2) is 180 Å². The van der Waals surface area contributed by atoms with Gasteiger partial charge >= 0.3 is 0 Å². The minimum atomic E-state index is 0.614. The smallest absolute Gasteiger partial charge is 0.227 e. The lowest BCUT2D eigenvalue weighted by molar-refractivity contribution is 0.623. The molecule has 0 saturated heterocycles. The molecule has 4 heterocycles. The van der Waals surface area contributed by atoms with Crippen LogP contribution in [0.2, 0.25) is 0 Å². The summed E-state index contributed by atoms with van der Waals surface area (Å²) < 4.78 is 11.3. The van der Waals surface area contributed by atoms with Crippen LogP contribution in [0.1, 0.15) is 0 Å². The van der Waals surface area contributed by atoms with Gasteiger partial charge in [0.1, 0.15) is 5.52 Å². The molecule has 0 aliphatic heterocycles. The fraction of sp³-hybridized carbons (Fsp3) is 0. The maximum Gasteiger partial charge on any atom is 0.227 e. The molecule has 0 spiro atoms. The summed E-state index contributed by atoms with van der Waals surface area (Å²) in [5.74, 6) is 2.47. The van der Waals surface area contributed by atoms with Gasteiger partial charge in [0.2, 0.25) is 5.89 Å². The molecule has 0 aliphatic rings. The topological polar surface area (TPSA) is 69.6 Å². The first-order valence-electron chi connectivity index (χ1n) is 18.9. The van der Waals surface area contributed by atoms with Gasteiger partial charge in [-0.25, -0.2) is 19.9 Å². The van der Waals surface area contributed by atoms with E-state index in [-0.39, 0.29) is 0 Å². The van der Waals surface area contributed by atoms with E-state index in [1.807, 2.05) is 66.7 Å². The number of benzene rings is 8. The molecule has 0 atom stereocenters. The van der Waals surface area contributed by atoms with Crippen LogP contribution < -0.4 is 0 Å². The van der Waals surface area contributed by atoms with Crippen LogP contribution in [0.5, 0.6) is 0 Å². The van der Waals surface area contributed by atoms with Crippen LogP contribution in [-0.4, -0.2) is 24.5 Å². The average Bonchev–Trinajstić information content (AvgIpc) is 3.99. The Labute approximate surface area is 330 Å². The Kier molecular flexibility index (Phi) is 7.00. The Morgan fingerprint density at radius 3 is 1.68 bits per heavy atom. The zero-order valence-corrected chi connectivity index (χ0v) is 31.1. The quantitative estimate of drug-likeness (QED) is 0.175. The standard InChI is InChI=1S/C50H29N5OS/c1-3-11-31(12-4-1)47-52-48(32-19-24-35(25-20-32)55-40-17-9-7-15-36(40)37-16-8-10-18-41(37)55)54-49(53-47)34-23-27-42-38(29-34)45-43(57-42)28-22-30-21-26-39-46(44(30)45)56-50(51-39)33-13-5-2-6-14-33/h1-29H. The van der Waals surface area contributed by atoms with Crippen LogP contribution in [0, 0.1) is 0 Å². The molecule has 12 rings (SSSR count). The molecule has 7 heteroatoms. The van der Waals surface area contributed by atoms with Crippen molar-refractivity contribution in [2.24, 2.45) is 0 Å². The number of hydrogen-bond acceptors (Lipinski definition) is 6. The predicted molar refractivity (Wildman–Crippen MR) is 234 cm³/mol. The first kappa shape index (κ1) is 31.8. The molecule has 12 aromatic rings. The first-order chi connectivity index (χ1) is 28.2. The van der Waals surface area contributed by atoms with E-state index in [1.54, 1.807) is 11.3 Å². The summed E-state index contributed by atoms with van der Waals surface area (Å²) in [6, 6.07) is 61.0. The van der Waals surface area contributed by atoms with Gasteiger partial charge in [0, 0.05) is 64.3 Å². The highest BCUT2D eigenvalue weighted by Gasteiger charge is 2.19. The second kappa shape index (κ2) is 12.5. The molecule has 0 N–H and O–H groups in total. The van der Waals surface area contributed by atoms with Crippen LogP contribution in [0.4, 0.5) is 0 Å². The van der Waals surface area contributed by atoms with Crippen LogP contribution >= 0.6 is 11.3 Å². The fourth-order valence-corrected chi connectivity index (χ4v) is 9.31. The Hall–Kier alpha value is -7.48. The molecule has 0 saturated carbocycles. The van der Waals surface area contributed by atoms with Crippen LogP contribution in [0.3, 0.4) is 0 Å². The third-order valence-corrected chi connectivity index (χ3v) is 12.0. The molecule has 0 fully saturated rings.